The van der Waals surface area contributed by atoms with Crippen LogP contribution in [0.1, 0.15) is 11.4 Å². The fraction of sp³-hybridized carbons (Fsp3) is 0.158. The second-order valence-electron chi connectivity index (χ2n) is 6.17. The van der Waals surface area contributed by atoms with Crippen molar-refractivity contribution in [1.29, 1.82) is 0 Å². The third-order valence-electron chi connectivity index (χ3n) is 4.54. The Bertz CT molecular complexity index is 1160. The molecule has 0 radical (unpaired) electrons. The molecular weight excluding hydrogens is 346 g/mol. The topological polar surface area (TPSA) is 30.7 Å². The summed E-state index contributed by atoms with van der Waals surface area (Å²) in [4.78, 5) is 7.57. The summed E-state index contributed by atoms with van der Waals surface area (Å²) in [5, 5.41) is 1.42. The van der Waals surface area contributed by atoms with Gasteiger partial charge in [-0.15, -0.1) is 0 Å². The van der Waals surface area contributed by atoms with Crippen LogP contribution in [0.15, 0.2) is 42.7 Å². The van der Waals surface area contributed by atoms with E-state index in [4.69, 9.17) is 0 Å². The standard InChI is InChI=1S/C19H13F4N3/c1-10-15(20)5-12(8-24-10)11-3-4-13-14-9-25-18(19(21,22)23)7-17(14)26(2)16(13)6-11/h3-9H,1-2H3. The molecule has 0 spiro atoms. The molecule has 1 aromatic carbocycles. The molecule has 0 unspecified atom stereocenters. The van der Waals surface area contributed by atoms with E-state index in [1.54, 1.807) is 36.9 Å². The zero-order valence-electron chi connectivity index (χ0n) is 13.9. The van der Waals surface area contributed by atoms with E-state index < -0.39 is 17.7 Å². The molecule has 3 nitrogen and oxygen atoms in total. The van der Waals surface area contributed by atoms with Crippen LogP contribution in [0, 0.1) is 12.7 Å². The molecule has 4 rings (SSSR count). The fourth-order valence-corrected chi connectivity index (χ4v) is 3.10. The Balaban J connectivity index is 1.94. The Morgan fingerprint density at radius 3 is 2.31 bits per heavy atom. The summed E-state index contributed by atoms with van der Waals surface area (Å²) >= 11 is 0. The number of rotatable bonds is 1. The second-order valence-corrected chi connectivity index (χ2v) is 6.17. The minimum absolute atomic E-state index is 0.310. The van der Waals surface area contributed by atoms with Crippen LogP contribution in [-0.4, -0.2) is 14.5 Å². The molecule has 0 bridgehead atoms. The summed E-state index contributed by atoms with van der Waals surface area (Å²) in [6, 6.07) is 7.86. The van der Waals surface area contributed by atoms with Gasteiger partial charge in [0.05, 0.1) is 11.2 Å². The molecule has 0 N–H and O–H groups in total. The Hall–Kier alpha value is -2.96. The molecule has 0 aliphatic heterocycles. The van der Waals surface area contributed by atoms with Crippen molar-refractivity contribution in [2.45, 2.75) is 13.1 Å². The van der Waals surface area contributed by atoms with Gasteiger partial charge >= 0.3 is 6.18 Å². The number of hydrogen-bond donors (Lipinski definition) is 0. The van der Waals surface area contributed by atoms with E-state index in [2.05, 4.69) is 9.97 Å². The molecule has 0 saturated carbocycles. The number of aromatic nitrogens is 3. The number of halogens is 4. The SMILES string of the molecule is Cc1ncc(-c2ccc3c4cnc(C(F)(F)F)cc4n(C)c3c2)cc1F. The summed E-state index contributed by atoms with van der Waals surface area (Å²) in [6.45, 7) is 1.58. The Morgan fingerprint density at radius 1 is 0.885 bits per heavy atom. The number of nitrogens with zero attached hydrogens (tertiary/aromatic N) is 3. The average molecular weight is 359 g/mol. The van der Waals surface area contributed by atoms with Gasteiger partial charge in [-0.2, -0.15) is 13.2 Å². The summed E-state index contributed by atoms with van der Waals surface area (Å²) in [7, 11) is 1.70. The third-order valence-corrected chi connectivity index (χ3v) is 4.54. The van der Waals surface area contributed by atoms with E-state index in [9.17, 15) is 17.6 Å². The van der Waals surface area contributed by atoms with Gasteiger partial charge in [-0.05, 0) is 30.7 Å². The second kappa shape index (κ2) is 5.52. The average Bonchev–Trinajstić information content (AvgIpc) is 2.88. The number of alkyl halides is 3. The van der Waals surface area contributed by atoms with Gasteiger partial charge < -0.3 is 4.57 Å². The predicted octanol–water partition coefficient (Wildman–Crippen LogP) is 5.25. The van der Waals surface area contributed by atoms with Crippen LogP contribution >= 0.6 is 0 Å². The Labute approximate surface area is 145 Å². The molecule has 7 heteroatoms. The van der Waals surface area contributed by atoms with Gasteiger partial charge in [-0.25, -0.2) is 4.39 Å². The normalized spacial score (nSPS) is 12.2. The maximum absolute atomic E-state index is 13.8. The van der Waals surface area contributed by atoms with Gasteiger partial charge in [0.1, 0.15) is 11.5 Å². The van der Waals surface area contributed by atoms with Gasteiger partial charge in [0, 0.05) is 41.3 Å². The zero-order valence-corrected chi connectivity index (χ0v) is 13.9. The minimum Gasteiger partial charge on any atom is -0.343 e. The van der Waals surface area contributed by atoms with Crippen LogP contribution in [0.4, 0.5) is 17.6 Å². The monoisotopic (exact) mass is 359 g/mol. The first-order valence-electron chi connectivity index (χ1n) is 7.83. The highest BCUT2D eigenvalue weighted by Gasteiger charge is 2.33. The molecular formula is C19H13F4N3. The maximum atomic E-state index is 13.8. The van der Waals surface area contributed by atoms with E-state index in [0.717, 1.165) is 22.5 Å². The Kier molecular flexibility index (Phi) is 3.50. The van der Waals surface area contributed by atoms with Gasteiger partial charge in [0.2, 0.25) is 0 Å². The van der Waals surface area contributed by atoms with Crippen molar-refractivity contribution >= 4 is 21.8 Å². The summed E-state index contributed by atoms with van der Waals surface area (Å²) < 4.78 is 54.3. The molecule has 0 fully saturated rings. The molecule has 0 amide bonds. The van der Waals surface area contributed by atoms with Crippen molar-refractivity contribution in [3.63, 3.8) is 0 Å². The fourth-order valence-electron chi connectivity index (χ4n) is 3.10. The van der Waals surface area contributed by atoms with Gasteiger partial charge in [0.15, 0.2) is 0 Å². The minimum atomic E-state index is -4.50. The summed E-state index contributed by atoms with van der Waals surface area (Å²) in [5.41, 5.74) is 1.89. The molecule has 4 aromatic rings. The van der Waals surface area contributed by atoms with Crippen molar-refractivity contribution in [2.75, 3.05) is 0 Å². The molecule has 0 aliphatic rings. The maximum Gasteiger partial charge on any atom is 0.433 e. The number of aryl methyl sites for hydroxylation is 2. The van der Waals surface area contributed by atoms with E-state index in [1.807, 2.05) is 6.07 Å². The molecule has 0 atom stereocenters. The highest BCUT2D eigenvalue weighted by molar-refractivity contribution is 6.08. The lowest BCUT2D eigenvalue weighted by atomic mass is 10.0. The van der Waals surface area contributed by atoms with Crippen LogP contribution < -0.4 is 0 Å². The van der Waals surface area contributed by atoms with Crippen LogP contribution in [0.3, 0.4) is 0 Å². The largest absolute Gasteiger partial charge is 0.433 e. The van der Waals surface area contributed by atoms with Crippen LogP contribution in [-0.2, 0) is 13.2 Å². The molecule has 26 heavy (non-hydrogen) atoms. The number of pyridine rings is 2. The molecule has 132 valence electrons. The van der Waals surface area contributed by atoms with Gasteiger partial charge in [-0.3, -0.25) is 9.97 Å². The van der Waals surface area contributed by atoms with Crippen molar-refractivity contribution in [3.8, 4) is 11.1 Å². The number of fused-ring (bicyclic) bond motifs is 3. The lowest BCUT2D eigenvalue weighted by Crippen LogP contribution is -2.07. The van der Waals surface area contributed by atoms with Gasteiger partial charge in [-0.1, -0.05) is 12.1 Å². The first-order chi connectivity index (χ1) is 12.3. The van der Waals surface area contributed by atoms with Crippen molar-refractivity contribution in [3.05, 3.63) is 59.9 Å². The highest BCUT2D eigenvalue weighted by Crippen LogP contribution is 2.35. The number of hydrogen-bond acceptors (Lipinski definition) is 2. The zero-order chi connectivity index (χ0) is 18.6. The van der Waals surface area contributed by atoms with Crippen molar-refractivity contribution in [2.24, 2.45) is 7.05 Å². The van der Waals surface area contributed by atoms with E-state index in [-0.39, 0.29) is 0 Å². The van der Waals surface area contributed by atoms with Crippen LogP contribution in [0.2, 0.25) is 0 Å². The van der Waals surface area contributed by atoms with Crippen molar-refractivity contribution < 1.29 is 17.6 Å². The highest BCUT2D eigenvalue weighted by atomic mass is 19.4. The molecule has 0 aliphatic carbocycles. The molecule has 3 heterocycles. The van der Waals surface area contributed by atoms with E-state index >= 15 is 0 Å². The molecule has 0 saturated heterocycles. The first-order valence-corrected chi connectivity index (χ1v) is 7.83. The third kappa shape index (κ3) is 2.51. The molecule has 3 aromatic heterocycles. The first kappa shape index (κ1) is 16.5. The van der Waals surface area contributed by atoms with Gasteiger partial charge in [0.25, 0.3) is 0 Å². The van der Waals surface area contributed by atoms with E-state index in [1.165, 1.54) is 12.3 Å². The lowest BCUT2D eigenvalue weighted by Gasteiger charge is -2.06. The number of benzene rings is 1. The lowest BCUT2D eigenvalue weighted by molar-refractivity contribution is -0.141. The Morgan fingerprint density at radius 2 is 1.62 bits per heavy atom. The smallest absolute Gasteiger partial charge is 0.343 e. The predicted molar refractivity (Wildman–Crippen MR) is 91.1 cm³/mol. The van der Waals surface area contributed by atoms with Crippen LogP contribution in [0.5, 0.6) is 0 Å². The van der Waals surface area contributed by atoms with Crippen molar-refractivity contribution in [1.82, 2.24) is 14.5 Å². The van der Waals surface area contributed by atoms with Crippen LogP contribution in [0.25, 0.3) is 32.9 Å². The summed E-state index contributed by atoms with van der Waals surface area (Å²) in [6.07, 6.45) is -1.68. The van der Waals surface area contributed by atoms with E-state index in [0.29, 0.717) is 22.2 Å². The summed E-state index contributed by atoms with van der Waals surface area (Å²) in [5.74, 6) is -0.404. The quantitative estimate of drug-likeness (QED) is 0.434.